The number of carbonyl (C=O) groups excluding carboxylic acids is 1. The molecule has 0 bridgehead atoms. The Morgan fingerprint density at radius 2 is 1.04 bits per heavy atom. The topological polar surface area (TPSA) is 132 Å². The number of ketones is 1. The summed E-state index contributed by atoms with van der Waals surface area (Å²) in [7, 11) is 5.35. The van der Waals surface area contributed by atoms with E-state index in [1.165, 1.54) is 61.4 Å². The third kappa shape index (κ3) is 16.0. The molecule has 5 heterocycles. The van der Waals surface area contributed by atoms with E-state index in [0.717, 1.165) is 69.3 Å². The second kappa shape index (κ2) is 28.9. The number of imidazole rings is 1. The smallest absolute Gasteiger partial charge is 0.326 e. The number of nitrogens with one attached hydrogen (secondary N) is 1. The van der Waals surface area contributed by atoms with Crippen LogP contribution in [0.15, 0.2) is 119 Å². The maximum absolute atomic E-state index is 11.4. The van der Waals surface area contributed by atoms with Gasteiger partial charge in [-0.15, -0.1) is 0 Å². The minimum absolute atomic E-state index is 0.0547. The zero-order chi connectivity index (χ0) is 59.4. The highest BCUT2D eigenvalue weighted by molar-refractivity contribution is 7.16. The third-order valence-corrected chi connectivity index (χ3v) is 16.3. The van der Waals surface area contributed by atoms with Crippen molar-refractivity contribution in [1.82, 2.24) is 14.1 Å². The SMILES string of the molecule is CC(C)c1ccc2c(c1)CCC2=O.CC(C)c1ccc2c(c1)COCCO2.CC(C)c1ccc2c(c1)OCO2.CC(C)c1ccc2c(c1)[nH]c(=O)n2C.CC(C)c1ccc2c(c1)sc(=O)n2C.COC1CCOc2cc(C(C)C)ccc21. The summed E-state index contributed by atoms with van der Waals surface area (Å²) in [4.78, 5) is 37.0. The normalized spacial score (nSPS) is 14.7. The van der Waals surface area contributed by atoms with Crippen LogP contribution >= 0.6 is 11.3 Å². The van der Waals surface area contributed by atoms with Crippen molar-refractivity contribution in [3.05, 3.63) is 185 Å². The van der Waals surface area contributed by atoms with Gasteiger partial charge in [-0.05, 0) is 135 Å². The molecule has 438 valence electrons. The molecule has 82 heavy (non-hydrogen) atoms. The van der Waals surface area contributed by atoms with Crippen molar-refractivity contribution < 1.29 is 33.2 Å². The van der Waals surface area contributed by atoms with E-state index >= 15 is 0 Å². The number of methoxy groups -OCH3 is 1. The van der Waals surface area contributed by atoms with Crippen molar-refractivity contribution in [3.63, 3.8) is 0 Å². The van der Waals surface area contributed by atoms with Crippen LogP contribution in [0.2, 0.25) is 0 Å². The molecule has 4 aliphatic rings. The molecule has 12 rings (SSSR count). The monoisotopic (exact) mass is 1130 g/mol. The summed E-state index contributed by atoms with van der Waals surface area (Å²) in [5, 5.41) is 0. The second-order valence-corrected chi connectivity index (χ2v) is 24.2. The molecular formula is C69H87N3O9S. The van der Waals surface area contributed by atoms with Crippen LogP contribution in [0, 0.1) is 0 Å². The Kier molecular flexibility index (Phi) is 22.1. The van der Waals surface area contributed by atoms with Gasteiger partial charge in [0.15, 0.2) is 17.3 Å². The average molecular weight is 1130 g/mol. The van der Waals surface area contributed by atoms with E-state index in [2.05, 4.69) is 161 Å². The van der Waals surface area contributed by atoms with Gasteiger partial charge in [-0.1, -0.05) is 149 Å². The van der Waals surface area contributed by atoms with Crippen LogP contribution in [-0.2, 0) is 36.6 Å². The molecule has 0 saturated heterocycles. The van der Waals surface area contributed by atoms with E-state index in [4.69, 9.17) is 28.4 Å². The summed E-state index contributed by atoms with van der Waals surface area (Å²) in [6.45, 7) is 29.2. The van der Waals surface area contributed by atoms with E-state index in [9.17, 15) is 14.4 Å². The largest absolute Gasteiger partial charge is 0.493 e. The van der Waals surface area contributed by atoms with Gasteiger partial charge < -0.3 is 38.0 Å². The van der Waals surface area contributed by atoms with E-state index in [-0.39, 0.29) is 16.7 Å². The van der Waals surface area contributed by atoms with Crippen LogP contribution in [0.3, 0.4) is 0 Å². The minimum atomic E-state index is -0.0547. The predicted octanol–water partition coefficient (Wildman–Crippen LogP) is 16.2. The van der Waals surface area contributed by atoms with E-state index in [1.807, 2.05) is 43.4 Å². The highest BCUT2D eigenvalue weighted by Crippen LogP contribution is 2.37. The zero-order valence-corrected chi connectivity index (χ0v) is 51.9. The molecule has 1 atom stereocenters. The Bertz CT molecular complexity index is 3440. The number of benzene rings is 6. The first-order chi connectivity index (χ1) is 39.1. The van der Waals surface area contributed by atoms with Gasteiger partial charge in [0.1, 0.15) is 18.1 Å². The summed E-state index contributed by atoms with van der Waals surface area (Å²) in [5.41, 5.74) is 15.3. The molecule has 0 radical (unpaired) electrons. The summed E-state index contributed by atoms with van der Waals surface area (Å²) >= 11 is 1.32. The van der Waals surface area contributed by atoms with E-state index in [1.54, 1.807) is 23.3 Å². The van der Waals surface area contributed by atoms with Crippen molar-refractivity contribution in [2.75, 3.05) is 33.7 Å². The van der Waals surface area contributed by atoms with E-state index < -0.39 is 0 Å². The Labute approximate surface area is 489 Å². The van der Waals surface area contributed by atoms with Gasteiger partial charge in [0.25, 0.3) is 0 Å². The van der Waals surface area contributed by atoms with Gasteiger partial charge in [-0.25, -0.2) is 4.79 Å². The highest BCUT2D eigenvalue weighted by Gasteiger charge is 2.22. The number of carbonyl (C=O) groups is 1. The van der Waals surface area contributed by atoms with Gasteiger partial charge >= 0.3 is 10.6 Å². The lowest BCUT2D eigenvalue weighted by Crippen LogP contribution is -2.15. The van der Waals surface area contributed by atoms with Crippen LogP contribution < -0.4 is 29.5 Å². The Morgan fingerprint density at radius 1 is 0.512 bits per heavy atom. The first kappa shape index (κ1) is 62.7. The molecule has 1 unspecified atom stereocenters. The molecule has 1 aliphatic carbocycles. The van der Waals surface area contributed by atoms with Crippen LogP contribution in [0.25, 0.3) is 21.3 Å². The fraction of sp³-hybridized carbons (Fsp3) is 0.435. The first-order valence-corrected chi connectivity index (χ1v) is 29.9. The summed E-state index contributed by atoms with van der Waals surface area (Å²) in [5.74, 6) is 7.23. The summed E-state index contributed by atoms with van der Waals surface area (Å²) in [6, 6.07) is 37.5. The molecule has 13 heteroatoms. The predicted molar refractivity (Wildman–Crippen MR) is 335 cm³/mol. The number of H-pyrrole nitrogens is 1. The zero-order valence-electron chi connectivity index (χ0n) is 51.1. The van der Waals surface area contributed by atoms with Gasteiger partial charge in [-0.3, -0.25) is 14.2 Å². The van der Waals surface area contributed by atoms with Crippen LogP contribution in [0.5, 0.6) is 23.0 Å². The lowest BCUT2D eigenvalue weighted by Gasteiger charge is -2.25. The van der Waals surface area contributed by atoms with Gasteiger partial charge in [-0.2, -0.15) is 0 Å². The van der Waals surface area contributed by atoms with Gasteiger partial charge in [0, 0.05) is 50.7 Å². The first-order valence-electron chi connectivity index (χ1n) is 29.1. The standard InChI is InChI=1S/C13H18O2.C12H16O2.C12H14O.C11H14N2O.C11H13NOS.C10H12O2/c1-9(2)10-4-5-11-12(14-3)6-7-15-13(11)8-10;1-9(2)10-3-4-12-11(7-10)8-13-5-6-14-12;1-8(2)9-3-5-11-10(7-9)4-6-12(11)13;1-7(2)8-4-5-10-9(6-8)12-11(14)13(10)3;1-7(2)8-4-5-9-10(6-8)14-11(13)12(9)3;1-7(2)8-3-4-9-10(5-8)12-6-11-9/h4-5,8-9,12H,6-7H2,1-3H3;3-4,7,9H,5-6,8H2,1-2H3;3,5,7-8H,4,6H2,1-2H3;4-7H,1-3H3,(H,12,14);4-7H,1-3H3;3-5,7H,6H2,1-2H3. The second-order valence-electron chi connectivity index (χ2n) is 23.2. The number of fused-ring (bicyclic) bond motifs is 6. The molecule has 0 saturated carbocycles. The number of aromatic nitrogens is 3. The lowest BCUT2D eigenvalue weighted by atomic mass is 9.96. The molecule has 3 aliphatic heterocycles. The minimum Gasteiger partial charge on any atom is -0.493 e. The lowest BCUT2D eigenvalue weighted by molar-refractivity contribution is 0.0636. The Balaban J connectivity index is 0.000000142. The number of hydrogen-bond donors (Lipinski definition) is 1. The van der Waals surface area contributed by atoms with Crippen molar-refractivity contribution in [1.29, 1.82) is 0 Å². The van der Waals surface area contributed by atoms with Gasteiger partial charge in [0.05, 0.1) is 47.2 Å². The molecule has 1 N–H and O–H groups in total. The number of ether oxygens (including phenoxy) is 6. The number of aromatic amines is 1. The number of hydrogen-bond acceptors (Lipinski definition) is 10. The van der Waals surface area contributed by atoms with Crippen molar-refractivity contribution in [2.45, 2.75) is 151 Å². The fourth-order valence-corrected chi connectivity index (χ4v) is 10.7. The summed E-state index contributed by atoms with van der Waals surface area (Å²) < 4.78 is 37.0. The molecule has 0 fully saturated rings. The van der Waals surface area contributed by atoms with Crippen molar-refractivity contribution >= 4 is 38.4 Å². The van der Waals surface area contributed by atoms with Crippen molar-refractivity contribution in [3.8, 4) is 23.0 Å². The van der Waals surface area contributed by atoms with Crippen LogP contribution in [-0.4, -0.2) is 53.6 Å². The number of Topliss-reactive ketones (excluding diaryl/α,β-unsaturated/α-hetero) is 1. The third-order valence-electron chi connectivity index (χ3n) is 15.3. The number of rotatable bonds is 7. The highest BCUT2D eigenvalue weighted by atomic mass is 32.1. The molecule has 6 aromatic carbocycles. The maximum atomic E-state index is 11.4. The average Bonchev–Trinajstić information content (AvgIpc) is 4.38. The molecule has 12 nitrogen and oxygen atoms in total. The number of aryl methyl sites for hydroxylation is 3. The van der Waals surface area contributed by atoms with Crippen LogP contribution in [0.4, 0.5) is 0 Å². The summed E-state index contributed by atoms with van der Waals surface area (Å²) in [6.07, 6.45) is 2.80. The Hall–Kier alpha value is -6.93. The molecular weight excluding hydrogens is 1050 g/mol. The quantitative estimate of drug-likeness (QED) is 0.166. The molecule has 0 amide bonds. The van der Waals surface area contributed by atoms with Crippen LogP contribution in [0.1, 0.15) is 198 Å². The van der Waals surface area contributed by atoms with Crippen molar-refractivity contribution in [2.24, 2.45) is 14.1 Å². The van der Waals surface area contributed by atoms with Gasteiger partial charge in [0.2, 0.25) is 6.79 Å². The number of nitrogens with zero attached hydrogens (tertiary/aromatic N) is 2. The number of thiazole rings is 1. The fourth-order valence-electron chi connectivity index (χ4n) is 9.81. The molecule has 2 aromatic heterocycles. The van der Waals surface area contributed by atoms with E-state index in [0.29, 0.717) is 74.3 Å². The maximum Gasteiger partial charge on any atom is 0.326 e. The molecule has 0 spiro atoms. The molecule has 8 aromatic rings. The Morgan fingerprint density at radius 3 is 1.68 bits per heavy atom.